The Labute approximate surface area is 193 Å². The van der Waals surface area contributed by atoms with Crippen LogP contribution in [0, 0.1) is 0 Å². The molecule has 0 atom stereocenters. The molecule has 2 N–H and O–H groups in total. The van der Waals surface area contributed by atoms with E-state index in [1.165, 1.54) is 0 Å². The molecule has 3 amide bonds. The summed E-state index contributed by atoms with van der Waals surface area (Å²) >= 11 is 0. The summed E-state index contributed by atoms with van der Waals surface area (Å²) in [6.45, 7) is 1.21. The lowest BCUT2D eigenvalue weighted by molar-refractivity contribution is -0.119. The van der Waals surface area contributed by atoms with Gasteiger partial charge in [-0.05, 0) is 61.2 Å². The number of carbonyl (C=O) groups excluding carboxylic acids is 3. The van der Waals surface area contributed by atoms with Crippen LogP contribution in [0.3, 0.4) is 0 Å². The molecule has 6 nitrogen and oxygen atoms in total. The molecule has 0 aliphatic carbocycles. The minimum Gasteiger partial charge on any atom is -0.352 e. The topological polar surface area (TPSA) is 78.5 Å². The number of benzene rings is 3. The summed E-state index contributed by atoms with van der Waals surface area (Å²) in [7, 11) is 0. The SMILES string of the molecule is O=C(Nc1ccccc1C(=O)NCCc1ccccc1)c1ccc(N2CCCCC2=O)cc1. The van der Waals surface area contributed by atoms with Gasteiger partial charge in [0.15, 0.2) is 0 Å². The normalized spacial score (nSPS) is 13.5. The average Bonchev–Trinajstić information content (AvgIpc) is 2.85. The van der Waals surface area contributed by atoms with Crippen molar-refractivity contribution in [1.29, 1.82) is 0 Å². The van der Waals surface area contributed by atoms with E-state index in [1.54, 1.807) is 53.4 Å². The number of hydrogen-bond acceptors (Lipinski definition) is 3. The second-order valence-electron chi connectivity index (χ2n) is 8.04. The Morgan fingerprint density at radius 2 is 1.55 bits per heavy atom. The van der Waals surface area contributed by atoms with E-state index in [-0.39, 0.29) is 17.7 Å². The summed E-state index contributed by atoms with van der Waals surface area (Å²) in [5.41, 5.74) is 3.27. The number of para-hydroxylation sites is 1. The monoisotopic (exact) mass is 441 g/mol. The van der Waals surface area contributed by atoms with E-state index < -0.39 is 0 Å². The van der Waals surface area contributed by atoms with Gasteiger partial charge < -0.3 is 15.5 Å². The van der Waals surface area contributed by atoms with Crippen molar-refractivity contribution in [1.82, 2.24) is 5.32 Å². The van der Waals surface area contributed by atoms with Crippen molar-refractivity contribution in [2.45, 2.75) is 25.7 Å². The summed E-state index contributed by atoms with van der Waals surface area (Å²) in [6.07, 6.45) is 3.20. The van der Waals surface area contributed by atoms with Crippen molar-refractivity contribution in [3.05, 3.63) is 95.6 Å². The first-order valence-electron chi connectivity index (χ1n) is 11.2. The molecule has 1 aliphatic rings. The molecule has 33 heavy (non-hydrogen) atoms. The Morgan fingerprint density at radius 1 is 0.818 bits per heavy atom. The number of nitrogens with zero attached hydrogens (tertiary/aromatic N) is 1. The minimum atomic E-state index is -0.309. The maximum absolute atomic E-state index is 12.8. The van der Waals surface area contributed by atoms with Gasteiger partial charge in [0.2, 0.25) is 5.91 Å². The zero-order valence-electron chi connectivity index (χ0n) is 18.4. The fraction of sp³-hybridized carbons (Fsp3) is 0.222. The Balaban J connectivity index is 1.39. The number of amides is 3. The van der Waals surface area contributed by atoms with Crippen LogP contribution in [0.25, 0.3) is 0 Å². The first-order chi connectivity index (χ1) is 16.1. The maximum Gasteiger partial charge on any atom is 0.255 e. The molecule has 0 spiro atoms. The minimum absolute atomic E-state index is 0.116. The van der Waals surface area contributed by atoms with Gasteiger partial charge in [0, 0.05) is 30.8 Å². The Hall–Kier alpha value is -3.93. The van der Waals surface area contributed by atoms with Crippen molar-refractivity contribution in [3.63, 3.8) is 0 Å². The molecule has 1 aliphatic heterocycles. The van der Waals surface area contributed by atoms with Gasteiger partial charge in [-0.2, -0.15) is 0 Å². The summed E-state index contributed by atoms with van der Waals surface area (Å²) in [4.78, 5) is 39.4. The van der Waals surface area contributed by atoms with Crippen molar-refractivity contribution in [3.8, 4) is 0 Å². The Bertz CT molecular complexity index is 1130. The molecule has 168 valence electrons. The second kappa shape index (κ2) is 10.6. The molecule has 0 radical (unpaired) electrons. The molecule has 3 aromatic carbocycles. The van der Waals surface area contributed by atoms with Crippen LogP contribution in [0.15, 0.2) is 78.9 Å². The predicted octanol–water partition coefficient (Wildman–Crippen LogP) is 4.43. The first-order valence-corrected chi connectivity index (χ1v) is 11.2. The third kappa shape index (κ3) is 5.66. The van der Waals surface area contributed by atoms with E-state index in [0.29, 0.717) is 36.3 Å². The van der Waals surface area contributed by atoms with Gasteiger partial charge in [-0.1, -0.05) is 42.5 Å². The number of piperidine rings is 1. The van der Waals surface area contributed by atoms with Crippen LogP contribution in [0.1, 0.15) is 45.5 Å². The van der Waals surface area contributed by atoms with Gasteiger partial charge in [0.05, 0.1) is 11.3 Å². The number of hydrogen-bond donors (Lipinski definition) is 2. The Morgan fingerprint density at radius 3 is 2.30 bits per heavy atom. The largest absolute Gasteiger partial charge is 0.352 e. The highest BCUT2D eigenvalue weighted by atomic mass is 16.2. The van der Waals surface area contributed by atoms with Gasteiger partial charge in [0.25, 0.3) is 11.8 Å². The molecule has 4 rings (SSSR count). The molecule has 1 fully saturated rings. The van der Waals surface area contributed by atoms with Crippen LogP contribution in [-0.2, 0) is 11.2 Å². The highest BCUT2D eigenvalue weighted by Crippen LogP contribution is 2.22. The molecular weight excluding hydrogens is 414 g/mol. The molecule has 1 heterocycles. The average molecular weight is 442 g/mol. The van der Waals surface area contributed by atoms with Gasteiger partial charge >= 0.3 is 0 Å². The van der Waals surface area contributed by atoms with Crippen LogP contribution in [0.4, 0.5) is 11.4 Å². The van der Waals surface area contributed by atoms with Crippen LogP contribution in [-0.4, -0.2) is 30.8 Å². The molecule has 6 heteroatoms. The smallest absolute Gasteiger partial charge is 0.255 e. The van der Waals surface area contributed by atoms with Crippen molar-refractivity contribution >= 4 is 29.1 Å². The van der Waals surface area contributed by atoms with Gasteiger partial charge in [-0.25, -0.2) is 0 Å². The summed E-state index contributed by atoms with van der Waals surface area (Å²) in [5, 5.41) is 5.76. The number of rotatable bonds is 7. The predicted molar refractivity (Wildman–Crippen MR) is 130 cm³/mol. The zero-order chi connectivity index (χ0) is 23.0. The van der Waals surface area contributed by atoms with Gasteiger partial charge in [-0.3, -0.25) is 14.4 Å². The van der Waals surface area contributed by atoms with Crippen molar-refractivity contribution < 1.29 is 14.4 Å². The molecule has 0 aromatic heterocycles. The van der Waals surface area contributed by atoms with Crippen LogP contribution in [0.2, 0.25) is 0 Å². The molecule has 0 bridgehead atoms. The van der Waals surface area contributed by atoms with E-state index in [2.05, 4.69) is 10.6 Å². The van der Waals surface area contributed by atoms with Crippen LogP contribution < -0.4 is 15.5 Å². The lowest BCUT2D eigenvalue weighted by Gasteiger charge is -2.26. The maximum atomic E-state index is 12.8. The van der Waals surface area contributed by atoms with Gasteiger partial charge in [0.1, 0.15) is 0 Å². The third-order valence-corrected chi connectivity index (χ3v) is 5.73. The van der Waals surface area contributed by atoms with Gasteiger partial charge in [-0.15, -0.1) is 0 Å². The third-order valence-electron chi connectivity index (χ3n) is 5.73. The van der Waals surface area contributed by atoms with E-state index in [0.717, 1.165) is 30.5 Å². The van der Waals surface area contributed by atoms with Crippen molar-refractivity contribution in [2.24, 2.45) is 0 Å². The fourth-order valence-electron chi connectivity index (χ4n) is 3.92. The van der Waals surface area contributed by atoms with Crippen molar-refractivity contribution in [2.75, 3.05) is 23.3 Å². The molecule has 3 aromatic rings. The van der Waals surface area contributed by atoms with E-state index in [1.807, 2.05) is 30.3 Å². The molecular formula is C27H27N3O3. The number of nitrogens with one attached hydrogen (secondary N) is 2. The van der Waals surface area contributed by atoms with Crippen LogP contribution >= 0.6 is 0 Å². The highest BCUT2D eigenvalue weighted by Gasteiger charge is 2.20. The van der Waals surface area contributed by atoms with E-state index in [4.69, 9.17) is 0 Å². The van der Waals surface area contributed by atoms with E-state index in [9.17, 15) is 14.4 Å². The lowest BCUT2D eigenvalue weighted by Crippen LogP contribution is -2.35. The lowest BCUT2D eigenvalue weighted by atomic mass is 10.1. The summed E-state index contributed by atoms with van der Waals surface area (Å²) < 4.78 is 0. The number of carbonyl (C=O) groups is 3. The summed E-state index contributed by atoms with van der Waals surface area (Å²) in [6, 6.07) is 23.9. The molecule has 0 unspecified atom stereocenters. The first kappa shape index (κ1) is 22.3. The summed E-state index contributed by atoms with van der Waals surface area (Å²) in [5.74, 6) is -0.428. The zero-order valence-corrected chi connectivity index (χ0v) is 18.4. The second-order valence-corrected chi connectivity index (χ2v) is 8.04. The van der Waals surface area contributed by atoms with Crippen LogP contribution in [0.5, 0.6) is 0 Å². The quantitative estimate of drug-likeness (QED) is 0.569. The van der Waals surface area contributed by atoms with E-state index >= 15 is 0 Å². The molecule has 0 saturated carbocycles. The highest BCUT2D eigenvalue weighted by molar-refractivity contribution is 6.09. The number of anilines is 2. The Kier molecular flexibility index (Phi) is 7.15. The molecule has 1 saturated heterocycles. The standard InChI is InChI=1S/C27H27N3O3/c31-25-12-6-7-19-30(25)22-15-13-21(14-16-22)26(32)29-24-11-5-4-10-23(24)27(33)28-18-17-20-8-2-1-3-9-20/h1-5,8-11,13-16H,6-7,12,17-19H2,(H,28,33)(H,29,32). The fourth-order valence-corrected chi connectivity index (χ4v) is 3.92.